The molecule has 0 aromatic carbocycles. The quantitative estimate of drug-likeness (QED) is 0.594. The van der Waals surface area contributed by atoms with Gasteiger partial charge in [0, 0.05) is 31.4 Å². The molecular formula is C12H20N4O2. The zero-order valence-corrected chi connectivity index (χ0v) is 11.1. The number of aromatic nitrogens is 1. The number of anilines is 1. The van der Waals surface area contributed by atoms with Gasteiger partial charge in [0.25, 0.3) is 0 Å². The molecule has 1 unspecified atom stereocenters. The van der Waals surface area contributed by atoms with Crippen molar-refractivity contribution in [2.75, 3.05) is 25.5 Å². The Hall–Kier alpha value is -1.69. The van der Waals surface area contributed by atoms with Gasteiger partial charge in [0.05, 0.1) is 4.92 Å². The van der Waals surface area contributed by atoms with Crippen molar-refractivity contribution in [1.29, 1.82) is 0 Å². The van der Waals surface area contributed by atoms with E-state index in [2.05, 4.69) is 29.0 Å². The maximum atomic E-state index is 10.8. The van der Waals surface area contributed by atoms with Crippen LogP contribution in [0.3, 0.4) is 0 Å². The highest BCUT2D eigenvalue weighted by atomic mass is 16.6. The van der Waals surface area contributed by atoms with Crippen LogP contribution in [0.5, 0.6) is 0 Å². The minimum Gasteiger partial charge on any atom is -0.363 e. The maximum Gasteiger partial charge on any atom is 0.311 e. The SMILES string of the molecule is CCC(C)N(C)CCNc1ncccc1[N+](=O)[O-]. The van der Waals surface area contributed by atoms with Crippen molar-refractivity contribution < 1.29 is 4.92 Å². The van der Waals surface area contributed by atoms with Crippen LogP contribution in [-0.2, 0) is 0 Å². The van der Waals surface area contributed by atoms with Crippen molar-refractivity contribution in [3.05, 3.63) is 28.4 Å². The third-order valence-corrected chi connectivity index (χ3v) is 3.08. The Morgan fingerprint density at radius 3 is 2.94 bits per heavy atom. The average Bonchev–Trinajstić information content (AvgIpc) is 2.38. The van der Waals surface area contributed by atoms with Crippen molar-refractivity contribution in [2.24, 2.45) is 0 Å². The normalized spacial score (nSPS) is 12.4. The fourth-order valence-electron chi connectivity index (χ4n) is 1.56. The van der Waals surface area contributed by atoms with Gasteiger partial charge in [-0.25, -0.2) is 4.98 Å². The summed E-state index contributed by atoms with van der Waals surface area (Å²) in [4.78, 5) is 16.6. The molecule has 6 heteroatoms. The minimum absolute atomic E-state index is 0.0173. The molecule has 1 aromatic rings. The van der Waals surface area contributed by atoms with Crippen molar-refractivity contribution in [3.63, 3.8) is 0 Å². The van der Waals surface area contributed by atoms with E-state index in [1.165, 1.54) is 6.07 Å². The van der Waals surface area contributed by atoms with Gasteiger partial charge in [-0.05, 0) is 26.5 Å². The topological polar surface area (TPSA) is 71.3 Å². The maximum absolute atomic E-state index is 10.8. The largest absolute Gasteiger partial charge is 0.363 e. The van der Waals surface area contributed by atoms with Crippen molar-refractivity contribution in [1.82, 2.24) is 9.88 Å². The van der Waals surface area contributed by atoms with E-state index in [1.54, 1.807) is 12.3 Å². The number of hydrogen-bond acceptors (Lipinski definition) is 5. The lowest BCUT2D eigenvalue weighted by molar-refractivity contribution is -0.384. The van der Waals surface area contributed by atoms with E-state index in [0.717, 1.165) is 13.0 Å². The molecule has 1 atom stereocenters. The van der Waals surface area contributed by atoms with Gasteiger partial charge >= 0.3 is 5.69 Å². The van der Waals surface area contributed by atoms with Gasteiger partial charge in [-0.3, -0.25) is 10.1 Å². The lowest BCUT2D eigenvalue weighted by Crippen LogP contribution is -2.32. The Bertz CT molecular complexity index is 397. The number of likely N-dealkylation sites (N-methyl/N-ethyl adjacent to an activating group) is 1. The summed E-state index contributed by atoms with van der Waals surface area (Å²) in [6, 6.07) is 3.52. The van der Waals surface area contributed by atoms with Gasteiger partial charge < -0.3 is 10.2 Å². The number of rotatable bonds is 7. The summed E-state index contributed by atoms with van der Waals surface area (Å²) in [5.74, 6) is 0.333. The predicted octanol–water partition coefficient (Wildman–Crippen LogP) is 2.13. The Morgan fingerprint density at radius 1 is 1.61 bits per heavy atom. The summed E-state index contributed by atoms with van der Waals surface area (Å²) in [6.45, 7) is 5.75. The number of nitro groups is 1. The molecule has 0 saturated carbocycles. The Labute approximate surface area is 107 Å². The van der Waals surface area contributed by atoms with E-state index in [1.807, 2.05) is 7.05 Å². The van der Waals surface area contributed by atoms with Gasteiger partial charge in [0.2, 0.25) is 5.82 Å². The van der Waals surface area contributed by atoms with E-state index < -0.39 is 4.92 Å². The van der Waals surface area contributed by atoms with Crippen LogP contribution >= 0.6 is 0 Å². The summed E-state index contributed by atoms with van der Waals surface area (Å²) < 4.78 is 0. The first-order valence-corrected chi connectivity index (χ1v) is 6.09. The molecule has 0 amide bonds. The molecule has 1 aromatic heterocycles. The zero-order valence-electron chi connectivity index (χ0n) is 11.1. The molecule has 18 heavy (non-hydrogen) atoms. The highest BCUT2D eigenvalue weighted by Crippen LogP contribution is 2.19. The average molecular weight is 252 g/mol. The molecule has 6 nitrogen and oxygen atoms in total. The summed E-state index contributed by atoms with van der Waals surface area (Å²) in [7, 11) is 2.04. The third kappa shape index (κ3) is 3.96. The smallest absolute Gasteiger partial charge is 0.311 e. The van der Waals surface area contributed by atoms with Crippen molar-refractivity contribution >= 4 is 11.5 Å². The lowest BCUT2D eigenvalue weighted by Gasteiger charge is -2.23. The molecule has 0 saturated heterocycles. The first-order chi connectivity index (χ1) is 8.56. The number of pyridine rings is 1. The minimum atomic E-state index is -0.423. The van der Waals surface area contributed by atoms with Crippen molar-refractivity contribution in [2.45, 2.75) is 26.3 Å². The Morgan fingerprint density at radius 2 is 2.33 bits per heavy atom. The zero-order chi connectivity index (χ0) is 13.5. The molecule has 0 aliphatic rings. The van der Waals surface area contributed by atoms with E-state index in [9.17, 15) is 10.1 Å². The molecule has 0 aliphatic heterocycles. The molecule has 0 fully saturated rings. The van der Waals surface area contributed by atoms with E-state index >= 15 is 0 Å². The van der Waals surface area contributed by atoms with Crippen LogP contribution in [0.25, 0.3) is 0 Å². The molecule has 0 radical (unpaired) electrons. The first kappa shape index (κ1) is 14.4. The molecule has 100 valence electrons. The van der Waals surface area contributed by atoms with Crippen LogP contribution < -0.4 is 5.32 Å². The van der Waals surface area contributed by atoms with Crippen LogP contribution in [0.2, 0.25) is 0 Å². The molecule has 0 spiro atoms. The van der Waals surface area contributed by atoms with Crippen LogP contribution in [0.15, 0.2) is 18.3 Å². The predicted molar refractivity (Wildman–Crippen MR) is 71.8 cm³/mol. The van der Waals surface area contributed by atoms with Gasteiger partial charge in [0.15, 0.2) is 0 Å². The summed E-state index contributed by atoms with van der Waals surface area (Å²) in [6.07, 6.45) is 2.63. The molecule has 0 bridgehead atoms. The summed E-state index contributed by atoms with van der Waals surface area (Å²) >= 11 is 0. The van der Waals surface area contributed by atoms with Crippen LogP contribution in [0.4, 0.5) is 11.5 Å². The first-order valence-electron chi connectivity index (χ1n) is 6.09. The fourth-order valence-corrected chi connectivity index (χ4v) is 1.56. The van der Waals surface area contributed by atoms with Gasteiger partial charge in [0.1, 0.15) is 0 Å². The highest BCUT2D eigenvalue weighted by Gasteiger charge is 2.13. The van der Waals surface area contributed by atoms with Crippen molar-refractivity contribution in [3.8, 4) is 0 Å². The second-order valence-electron chi connectivity index (χ2n) is 4.29. The van der Waals surface area contributed by atoms with Crippen LogP contribution in [0.1, 0.15) is 20.3 Å². The highest BCUT2D eigenvalue weighted by molar-refractivity contribution is 5.54. The van der Waals surface area contributed by atoms with Gasteiger partial charge in [-0.15, -0.1) is 0 Å². The molecule has 1 heterocycles. The summed E-state index contributed by atoms with van der Waals surface area (Å²) in [5, 5.41) is 13.8. The van der Waals surface area contributed by atoms with Crippen LogP contribution in [-0.4, -0.2) is 41.0 Å². The van der Waals surface area contributed by atoms with E-state index in [4.69, 9.17) is 0 Å². The lowest BCUT2D eigenvalue weighted by atomic mass is 10.2. The molecule has 0 aliphatic carbocycles. The Balaban J connectivity index is 2.51. The number of nitrogens with one attached hydrogen (secondary N) is 1. The molecule has 1 N–H and O–H groups in total. The monoisotopic (exact) mass is 252 g/mol. The molecular weight excluding hydrogens is 232 g/mol. The fraction of sp³-hybridized carbons (Fsp3) is 0.583. The standard InChI is InChI=1S/C12H20N4O2/c1-4-10(2)15(3)9-8-14-12-11(16(17)18)6-5-7-13-12/h5-7,10H,4,8-9H2,1-3H3,(H,13,14). The van der Waals surface area contributed by atoms with Crippen LogP contribution in [0, 0.1) is 10.1 Å². The second-order valence-corrected chi connectivity index (χ2v) is 4.29. The Kier molecular flexibility index (Phi) is 5.51. The van der Waals surface area contributed by atoms with E-state index in [0.29, 0.717) is 18.4 Å². The second kappa shape index (κ2) is 6.90. The third-order valence-electron chi connectivity index (χ3n) is 3.08. The summed E-state index contributed by atoms with van der Waals surface area (Å²) in [5.41, 5.74) is 0.0173. The van der Waals surface area contributed by atoms with Gasteiger partial charge in [-0.1, -0.05) is 6.92 Å². The number of hydrogen-bond donors (Lipinski definition) is 1. The van der Waals surface area contributed by atoms with Gasteiger partial charge in [-0.2, -0.15) is 0 Å². The number of nitrogens with zero attached hydrogens (tertiary/aromatic N) is 3. The molecule has 1 rings (SSSR count). The van der Waals surface area contributed by atoms with E-state index in [-0.39, 0.29) is 5.69 Å².